The van der Waals surface area contributed by atoms with Crippen molar-refractivity contribution in [2.24, 2.45) is 5.92 Å². The second kappa shape index (κ2) is 4.95. The van der Waals surface area contributed by atoms with E-state index in [1.54, 1.807) is 0 Å². The van der Waals surface area contributed by atoms with E-state index in [1.807, 2.05) is 0 Å². The number of hydrogen-bond acceptors (Lipinski definition) is 1. The molecule has 2 atom stereocenters. The van der Waals surface area contributed by atoms with Crippen LogP contribution in [-0.2, 0) is 12.8 Å². The minimum absolute atomic E-state index is 0.501. The van der Waals surface area contributed by atoms with Crippen molar-refractivity contribution in [2.45, 2.75) is 18.9 Å². The van der Waals surface area contributed by atoms with Crippen LogP contribution in [0.5, 0.6) is 0 Å². The zero-order chi connectivity index (χ0) is 12.4. The first-order chi connectivity index (χ1) is 8.88. The van der Waals surface area contributed by atoms with Gasteiger partial charge in [-0.1, -0.05) is 54.6 Å². The summed E-state index contributed by atoms with van der Waals surface area (Å²) >= 11 is 0. The highest BCUT2D eigenvalue weighted by Gasteiger charge is 2.30. The van der Waals surface area contributed by atoms with Crippen LogP contribution in [0.4, 0.5) is 0 Å². The molecule has 1 N–H and O–H groups in total. The summed E-state index contributed by atoms with van der Waals surface area (Å²) < 4.78 is 0. The molecule has 2 aromatic rings. The minimum Gasteiger partial charge on any atom is -0.313 e. The molecule has 0 fully saturated rings. The molecule has 0 radical (unpaired) electrons. The van der Waals surface area contributed by atoms with E-state index >= 15 is 0 Å². The zero-order valence-electron chi connectivity index (χ0n) is 10.8. The molecule has 0 heterocycles. The average Bonchev–Trinajstić information content (AvgIpc) is 2.77. The molecule has 0 saturated heterocycles. The van der Waals surface area contributed by atoms with Crippen LogP contribution >= 0.6 is 0 Å². The highest BCUT2D eigenvalue weighted by Crippen LogP contribution is 2.37. The first kappa shape index (κ1) is 11.5. The van der Waals surface area contributed by atoms with Crippen molar-refractivity contribution in [1.29, 1.82) is 0 Å². The van der Waals surface area contributed by atoms with Crippen molar-refractivity contribution in [3.63, 3.8) is 0 Å². The molecule has 0 bridgehead atoms. The van der Waals surface area contributed by atoms with Crippen molar-refractivity contribution in [2.75, 3.05) is 7.05 Å². The first-order valence-corrected chi connectivity index (χ1v) is 6.67. The normalized spacial score (nSPS) is 21.8. The fraction of sp³-hybridized carbons (Fsp3) is 0.294. The summed E-state index contributed by atoms with van der Waals surface area (Å²) in [6.07, 6.45) is 2.34. The highest BCUT2D eigenvalue weighted by molar-refractivity contribution is 5.36. The fourth-order valence-electron chi connectivity index (χ4n) is 3.18. The third kappa shape index (κ3) is 2.06. The fourth-order valence-corrected chi connectivity index (χ4v) is 3.18. The molecule has 2 aromatic carbocycles. The van der Waals surface area contributed by atoms with Crippen molar-refractivity contribution < 1.29 is 0 Å². The summed E-state index contributed by atoms with van der Waals surface area (Å²) in [4.78, 5) is 0. The van der Waals surface area contributed by atoms with Crippen LogP contribution in [0.1, 0.15) is 22.7 Å². The topological polar surface area (TPSA) is 12.0 Å². The molecule has 1 heteroatoms. The lowest BCUT2D eigenvalue weighted by Crippen LogP contribution is -2.23. The van der Waals surface area contributed by atoms with Gasteiger partial charge in [-0.25, -0.2) is 0 Å². The van der Waals surface area contributed by atoms with E-state index < -0.39 is 0 Å². The highest BCUT2D eigenvalue weighted by atomic mass is 14.9. The third-order valence-electron chi connectivity index (χ3n) is 4.00. The predicted octanol–water partition coefficient (Wildman–Crippen LogP) is 3.36. The quantitative estimate of drug-likeness (QED) is 0.863. The Morgan fingerprint density at radius 3 is 2.50 bits per heavy atom. The second-order valence-electron chi connectivity index (χ2n) is 5.12. The Bertz CT molecular complexity index is 518. The van der Waals surface area contributed by atoms with Gasteiger partial charge in [0.15, 0.2) is 0 Å². The predicted molar refractivity (Wildman–Crippen MR) is 75.6 cm³/mol. The number of rotatable bonds is 3. The van der Waals surface area contributed by atoms with E-state index in [0.29, 0.717) is 12.0 Å². The SMILES string of the molecule is CNC1c2ccccc2CC1Cc1ccccc1. The number of hydrogen-bond donors (Lipinski definition) is 1. The molecule has 0 aliphatic heterocycles. The molecule has 0 spiro atoms. The van der Waals surface area contributed by atoms with Gasteiger partial charge in [0, 0.05) is 6.04 Å². The Morgan fingerprint density at radius 1 is 1.00 bits per heavy atom. The maximum Gasteiger partial charge on any atom is 0.0355 e. The van der Waals surface area contributed by atoms with Crippen molar-refractivity contribution in [3.05, 3.63) is 71.3 Å². The van der Waals surface area contributed by atoms with Gasteiger partial charge in [0.2, 0.25) is 0 Å². The molecular formula is C17H19N. The van der Waals surface area contributed by atoms with E-state index in [9.17, 15) is 0 Å². The molecule has 2 unspecified atom stereocenters. The molecule has 0 saturated carbocycles. The maximum absolute atomic E-state index is 3.49. The van der Waals surface area contributed by atoms with Crippen LogP contribution < -0.4 is 5.32 Å². The summed E-state index contributed by atoms with van der Waals surface area (Å²) in [5.74, 6) is 0.676. The van der Waals surface area contributed by atoms with Crippen LogP contribution in [0.25, 0.3) is 0 Å². The van der Waals surface area contributed by atoms with Gasteiger partial charge in [-0.3, -0.25) is 0 Å². The molecular weight excluding hydrogens is 218 g/mol. The van der Waals surface area contributed by atoms with E-state index in [4.69, 9.17) is 0 Å². The van der Waals surface area contributed by atoms with Gasteiger partial charge in [0.1, 0.15) is 0 Å². The minimum atomic E-state index is 0.501. The maximum atomic E-state index is 3.49. The largest absolute Gasteiger partial charge is 0.313 e. The lowest BCUT2D eigenvalue weighted by atomic mass is 9.93. The summed E-state index contributed by atoms with van der Waals surface area (Å²) in [7, 11) is 2.07. The summed E-state index contributed by atoms with van der Waals surface area (Å²) in [6, 6.07) is 20.1. The average molecular weight is 237 g/mol. The Morgan fingerprint density at radius 2 is 1.72 bits per heavy atom. The second-order valence-corrected chi connectivity index (χ2v) is 5.12. The van der Waals surface area contributed by atoms with Crippen molar-refractivity contribution in [3.8, 4) is 0 Å². The van der Waals surface area contributed by atoms with Gasteiger partial charge in [-0.05, 0) is 42.5 Å². The van der Waals surface area contributed by atoms with Gasteiger partial charge < -0.3 is 5.32 Å². The molecule has 18 heavy (non-hydrogen) atoms. The lowest BCUT2D eigenvalue weighted by molar-refractivity contribution is 0.410. The summed E-state index contributed by atoms with van der Waals surface area (Å²) in [5, 5.41) is 3.49. The van der Waals surface area contributed by atoms with Gasteiger partial charge in [-0.2, -0.15) is 0 Å². The standard InChI is InChI=1S/C17H19N/c1-18-17-15(11-13-7-3-2-4-8-13)12-14-9-5-6-10-16(14)17/h2-10,15,17-18H,11-12H2,1H3. The Kier molecular flexibility index (Phi) is 3.16. The zero-order valence-corrected chi connectivity index (χ0v) is 10.8. The Labute approximate surface area is 109 Å². The van der Waals surface area contributed by atoms with E-state index in [-0.39, 0.29) is 0 Å². The lowest BCUT2D eigenvalue weighted by Gasteiger charge is -2.20. The monoisotopic (exact) mass is 237 g/mol. The molecule has 3 rings (SSSR count). The summed E-state index contributed by atoms with van der Waals surface area (Å²) in [6.45, 7) is 0. The molecule has 1 aliphatic rings. The van der Waals surface area contributed by atoms with Gasteiger partial charge in [0.05, 0.1) is 0 Å². The Hall–Kier alpha value is -1.60. The molecule has 1 aliphatic carbocycles. The molecule has 1 nitrogen and oxygen atoms in total. The van der Waals surface area contributed by atoms with Crippen LogP contribution in [0.15, 0.2) is 54.6 Å². The number of fused-ring (bicyclic) bond motifs is 1. The van der Waals surface area contributed by atoms with Crippen LogP contribution in [0.2, 0.25) is 0 Å². The first-order valence-electron chi connectivity index (χ1n) is 6.67. The number of nitrogens with one attached hydrogen (secondary N) is 1. The molecule has 92 valence electrons. The van der Waals surface area contributed by atoms with Crippen LogP contribution in [-0.4, -0.2) is 7.05 Å². The van der Waals surface area contributed by atoms with Crippen LogP contribution in [0, 0.1) is 5.92 Å². The van der Waals surface area contributed by atoms with Gasteiger partial charge in [0.25, 0.3) is 0 Å². The van der Waals surface area contributed by atoms with Gasteiger partial charge in [-0.15, -0.1) is 0 Å². The van der Waals surface area contributed by atoms with Crippen molar-refractivity contribution in [1.82, 2.24) is 5.32 Å². The third-order valence-corrected chi connectivity index (χ3v) is 4.00. The van der Waals surface area contributed by atoms with Gasteiger partial charge >= 0.3 is 0 Å². The molecule has 0 aromatic heterocycles. The van der Waals surface area contributed by atoms with Crippen LogP contribution in [0.3, 0.4) is 0 Å². The Balaban J connectivity index is 1.83. The van der Waals surface area contributed by atoms with E-state index in [2.05, 4.69) is 67.0 Å². The van der Waals surface area contributed by atoms with E-state index in [1.165, 1.54) is 23.1 Å². The molecule has 0 amide bonds. The smallest absolute Gasteiger partial charge is 0.0355 e. The number of benzene rings is 2. The van der Waals surface area contributed by atoms with E-state index in [0.717, 1.165) is 6.42 Å². The van der Waals surface area contributed by atoms with Crippen molar-refractivity contribution >= 4 is 0 Å². The summed E-state index contributed by atoms with van der Waals surface area (Å²) in [5.41, 5.74) is 4.44.